The molecular formula is C12H23N3. The summed E-state index contributed by atoms with van der Waals surface area (Å²) < 4.78 is 1.93. The molecule has 86 valence electrons. The second-order valence-corrected chi connectivity index (χ2v) is 4.01. The van der Waals surface area contributed by atoms with Crippen molar-refractivity contribution in [3.8, 4) is 0 Å². The minimum Gasteiger partial charge on any atom is -0.295 e. The maximum Gasteiger partial charge on any atom is 0.0905 e. The highest BCUT2D eigenvalue weighted by atomic mass is 15.3. The van der Waals surface area contributed by atoms with Crippen LogP contribution in [0, 0.1) is 0 Å². The zero-order valence-corrected chi connectivity index (χ0v) is 9.95. The van der Waals surface area contributed by atoms with Crippen molar-refractivity contribution >= 4 is 0 Å². The molecule has 0 saturated heterocycles. The van der Waals surface area contributed by atoms with Crippen LogP contribution < -0.4 is 5.32 Å². The van der Waals surface area contributed by atoms with E-state index in [1.165, 1.54) is 32.1 Å². The number of nitrogens with one attached hydrogen (secondary N) is 1. The molecule has 0 aromatic carbocycles. The summed E-state index contributed by atoms with van der Waals surface area (Å²) in [6.45, 7) is 5.32. The summed E-state index contributed by atoms with van der Waals surface area (Å²) >= 11 is 0. The number of rotatable bonds is 8. The third-order valence-corrected chi connectivity index (χ3v) is 2.75. The first-order valence-electron chi connectivity index (χ1n) is 6.07. The highest BCUT2D eigenvalue weighted by Crippen LogP contribution is 2.06. The van der Waals surface area contributed by atoms with Gasteiger partial charge in [-0.2, -0.15) is 5.10 Å². The lowest BCUT2D eigenvalue weighted by atomic mass is 10.1. The van der Waals surface area contributed by atoms with Gasteiger partial charge in [0.25, 0.3) is 0 Å². The van der Waals surface area contributed by atoms with Crippen molar-refractivity contribution in [2.75, 3.05) is 0 Å². The van der Waals surface area contributed by atoms with Crippen molar-refractivity contribution in [2.45, 2.75) is 58.7 Å². The Morgan fingerprint density at radius 3 is 2.80 bits per heavy atom. The van der Waals surface area contributed by atoms with Gasteiger partial charge in [-0.15, -0.1) is 0 Å². The summed E-state index contributed by atoms with van der Waals surface area (Å²) in [6, 6.07) is 2.60. The Hall–Kier alpha value is -0.830. The smallest absolute Gasteiger partial charge is 0.0905 e. The second-order valence-electron chi connectivity index (χ2n) is 4.01. The molecule has 3 nitrogen and oxygen atoms in total. The van der Waals surface area contributed by atoms with Crippen molar-refractivity contribution in [1.29, 1.82) is 0 Å². The summed E-state index contributed by atoms with van der Waals surface area (Å²) in [7, 11) is 0. The molecule has 1 aromatic heterocycles. The van der Waals surface area contributed by atoms with E-state index in [2.05, 4.69) is 24.3 Å². The van der Waals surface area contributed by atoms with Gasteiger partial charge in [-0.25, -0.2) is 0 Å². The lowest BCUT2D eigenvalue weighted by Crippen LogP contribution is -2.30. The Labute approximate surface area is 92.9 Å². The Morgan fingerprint density at radius 1 is 1.33 bits per heavy atom. The van der Waals surface area contributed by atoms with Crippen LogP contribution in [-0.4, -0.2) is 15.8 Å². The lowest BCUT2D eigenvalue weighted by Gasteiger charge is -2.16. The third-order valence-electron chi connectivity index (χ3n) is 2.75. The zero-order valence-electron chi connectivity index (χ0n) is 9.95. The van der Waals surface area contributed by atoms with E-state index in [0.717, 1.165) is 6.67 Å². The second kappa shape index (κ2) is 7.46. The van der Waals surface area contributed by atoms with Gasteiger partial charge in [-0.3, -0.25) is 10.00 Å². The molecule has 0 saturated carbocycles. The molecule has 0 fully saturated rings. The Bertz CT molecular complexity index is 231. The maximum absolute atomic E-state index is 4.17. The van der Waals surface area contributed by atoms with Gasteiger partial charge in [0.05, 0.1) is 6.67 Å². The van der Waals surface area contributed by atoms with Gasteiger partial charge >= 0.3 is 0 Å². The molecule has 3 heteroatoms. The molecule has 0 aliphatic heterocycles. The van der Waals surface area contributed by atoms with Crippen molar-refractivity contribution in [1.82, 2.24) is 15.1 Å². The van der Waals surface area contributed by atoms with Crippen LogP contribution in [0.2, 0.25) is 0 Å². The largest absolute Gasteiger partial charge is 0.295 e. The first kappa shape index (κ1) is 12.2. The molecule has 1 heterocycles. The predicted molar refractivity (Wildman–Crippen MR) is 63.6 cm³/mol. The number of aromatic nitrogens is 2. The summed E-state index contributed by atoms with van der Waals surface area (Å²) in [5.74, 6) is 0. The van der Waals surface area contributed by atoms with E-state index < -0.39 is 0 Å². The predicted octanol–water partition coefficient (Wildman–Crippen LogP) is 2.79. The van der Waals surface area contributed by atoms with Crippen molar-refractivity contribution in [2.24, 2.45) is 0 Å². The molecule has 0 aliphatic rings. The van der Waals surface area contributed by atoms with E-state index >= 15 is 0 Å². The van der Waals surface area contributed by atoms with Crippen molar-refractivity contribution in [3.63, 3.8) is 0 Å². The van der Waals surface area contributed by atoms with E-state index in [0.29, 0.717) is 6.04 Å². The number of unbranched alkanes of at least 4 members (excludes halogenated alkanes) is 2. The number of hydrogen-bond acceptors (Lipinski definition) is 2. The van der Waals surface area contributed by atoms with E-state index in [1.54, 1.807) is 0 Å². The molecule has 0 radical (unpaired) electrons. The van der Waals surface area contributed by atoms with E-state index in [4.69, 9.17) is 0 Å². The third kappa shape index (κ3) is 4.98. The summed E-state index contributed by atoms with van der Waals surface area (Å²) in [6.07, 6.45) is 10.3. The number of hydrogen-bond donors (Lipinski definition) is 1. The molecule has 0 spiro atoms. The first-order chi connectivity index (χ1) is 7.36. The van der Waals surface area contributed by atoms with Crippen LogP contribution in [0.4, 0.5) is 0 Å². The van der Waals surface area contributed by atoms with E-state index in [-0.39, 0.29) is 0 Å². The maximum atomic E-state index is 4.17. The molecule has 0 bridgehead atoms. The highest BCUT2D eigenvalue weighted by molar-refractivity contribution is 4.77. The zero-order chi connectivity index (χ0) is 10.9. The minimum atomic E-state index is 0.640. The van der Waals surface area contributed by atoms with Gasteiger partial charge < -0.3 is 0 Å². The monoisotopic (exact) mass is 209 g/mol. The summed E-state index contributed by atoms with van der Waals surface area (Å²) in [5, 5.41) is 7.70. The van der Waals surface area contributed by atoms with Crippen LogP contribution in [0.15, 0.2) is 18.5 Å². The quantitative estimate of drug-likeness (QED) is 0.667. The van der Waals surface area contributed by atoms with Crippen molar-refractivity contribution < 1.29 is 0 Å². The van der Waals surface area contributed by atoms with Gasteiger partial charge in [0.1, 0.15) is 0 Å². The SMILES string of the molecule is CCCCCC(CC)NCn1cccn1. The Balaban J connectivity index is 2.16. The first-order valence-corrected chi connectivity index (χ1v) is 6.07. The molecule has 1 aromatic rings. The van der Waals surface area contributed by atoms with Gasteiger partial charge in [0.15, 0.2) is 0 Å². The van der Waals surface area contributed by atoms with Crippen LogP contribution in [0.25, 0.3) is 0 Å². The van der Waals surface area contributed by atoms with Crippen LogP contribution >= 0.6 is 0 Å². The van der Waals surface area contributed by atoms with Gasteiger partial charge in [-0.05, 0) is 18.9 Å². The Morgan fingerprint density at radius 2 is 2.20 bits per heavy atom. The van der Waals surface area contributed by atoms with Crippen LogP contribution in [0.1, 0.15) is 46.0 Å². The molecular weight excluding hydrogens is 186 g/mol. The van der Waals surface area contributed by atoms with Gasteiger partial charge in [0.2, 0.25) is 0 Å². The molecule has 15 heavy (non-hydrogen) atoms. The Kier molecular flexibility index (Phi) is 6.09. The van der Waals surface area contributed by atoms with Gasteiger partial charge in [0, 0.05) is 18.4 Å². The summed E-state index contributed by atoms with van der Waals surface area (Å²) in [4.78, 5) is 0. The normalized spacial score (nSPS) is 12.9. The molecule has 1 N–H and O–H groups in total. The van der Waals surface area contributed by atoms with E-state index in [9.17, 15) is 0 Å². The summed E-state index contributed by atoms with van der Waals surface area (Å²) in [5.41, 5.74) is 0. The van der Waals surface area contributed by atoms with Crippen molar-refractivity contribution in [3.05, 3.63) is 18.5 Å². The fourth-order valence-corrected chi connectivity index (χ4v) is 1.71. The highest BCUT2D eigenvalue weighted by Gasteiger charge is 2.04. The van der Waals surface area contributed by atoms with Crippen LogP contribution in [0.3, 0.4) is 0 Å². The van der Waals surface area contributed by atoms with Crippen LogP contribution in [-0.2, 0) is 6.67 Å². The van der Waals surface area contributed by atoms with Gasteiger partial charge in [-0.1, -0.05) is 33.1 Å². The fourth-order valence-electron chi connectivity index (χ4n) is 1.71. The average Bonchev–Trinajstić information content (AvgIpc) is 2.76. The topological polar surface area (TPSA) is 29.9 Å². The molecule has 0 aliphatic carbocycles. The molecule has 1 atom stereocenters. The van der Waals surface area contributed by atoms with Crippen LogP contribution in [0.5, 0.6) is 0 Å². The minimum absolute atomic E-state index is 0.640. The lowest BCUT2D eigenvalue weighted by molar-refractivity contribution is 0.392. The standard InChI is InChI=1S/C12H23N3/c1-3-5-6-8-12(4-2)13-11-15-10-7-9-14-15/h7,9-10,12-13H,3-6,8,11H2,1-2H3. The fraction of sp³-hybridized carbons (Fsp3) is 0.750. The number of nitrogens with zero attached hydrogens (tertiary/aromatic N) is 2. The average molecular weight is 209 g/mol. The molecule has 1 rings (SSSR count). The molecule has 0 amide bonds. The van der Waals surface area contributed by atoms with E-state index in [1.807, 2.05) is 23.1 Å². The molecule has 1 unspecified atom stereocenters.